The summed E-state index contributed by atoms with van der Waals surface area (Å²) < 4.78 is 13.4. The van der Waals surface area contributed by atoms with E-state index in [0.29, 0.717) is 13.2 Å². The highest BCUT2D eigenvalue weighted by Crippen LogP contribution is 2.24. The number of allylic oxidation sites excluding steroid dienone is 1. The number of benzene rings is 1. The summed E-state index contributed by atoms with van der Waals surface area (Å²) in [5.74, 6) is 1.73. The molecule has 1 aromatic carbocycles. The van der Waals surface area contributed by atoms with Crippen molar-refractivity contribution < 1.29 is 14.3 Å². The Hall–Kier alpha value is -2.76. The Labute approximate surface area is 199 Å². The van der Waals surface area contributed by atoms with Crippen LogP contribution in [0.3, 0.4) is 0 Å². The van der Waals surface area contributed by atoms with E-state index >= 15 is 0 Å². The molecule has 0 saturated heterocycles. The van der Waals surface area contributed by atoms with E-state index < -0.39 is 0 Å². The fourth-order valence-electron chi connectivity index (χ4n) is 3.91. The van der Waals surface area contributed by atoms with Crippen molar-refractivity contribution >= 4 is 5.71 Å². The quantitative estimate of drug-likeness (QED) is 0.136. The fourth-order valence-corrected chi connectivity index (χ4v) is 3.91. The van der Waals surface area contributed by atoms with E-state index in [4.69, 9.17) is 14.3 Å². The van der Waals surface area contributed by atoms with E-state index in [1.165, 1.54) is 55.9 Å². The molecule has 6 nitrogen and oxygen atoms in total. The first-order chi connectivity index (χ1) is 16.0. The third-order valence-corrected chi connectivity index (χ3v) is 5.76. The summed E-state index contributed by atoms with van der Waals surface area (Å²) in [7, 11) is 3.42. The van der Waals surface area contributed by atoms with E-state index in [1.807, 2.05) is 39.1 Å². The maximum absolute atomic E-state index is 5.89. The van der Waals surface area contributed by atoms with Crippen molar-refractivity contribution in [1.29, 1.82) is 0 Å². The molecule has 0 amide bonds. The monoisotopic (exact) mass is 455 g/mol. The zero-order valence-corrected chi connectivity index (χ0v) is 21.3. The molecule has 0 spiro atoms. The largest absolute Gasteiger partial charge is 0.490 e. The summed E-state index contributed by atoms with van der Waals surface area (Å²) in [5.41, 5.74) is 5.66. The molecular weight excluding hydrogens is 414 g/mol. The molecule has 1 heterocycles. The van der Waals surface area contributed by atoms with Crippen LogP contribution in [-0.2, 0) is 18.3 Å². The minimum Gasteiger partial charge on any atom is -0.490 e. The molecule has 0 aliphatic rings. The second kappa shape index (κ2) is 14.4. The van der Waals surface area contributed by atoms with Crippen LogP contribution >= 0.6 is 0 Å². The van der Waals surface area contributed by atoms with Crippen LogP contribution in [0.2, 0.25) is 0 Å². The van der Waals surface area contributed by atoms with Gasteiger partial charge in [-0.25, -0.2) is 4.68 Å². The van der Waals surface area contributed by atoms with Gasteiger partial charge in [-0.15, -0.1) is 0 Å². The molecule has 0 unspecified atom stereocenters. The number of aromatic nitrogens is 2. The lowest BCUT2D eigenvalue weighted by Gasteiger charge is -2.13. The van der Waals surface area contributed by atoms with Crippen molar-refractivity contribution in [2.24, 2.45) is 12.2 Å². The molecule has 2 rings (SSSR count). The normalized spacial score (nSPS) is 11.9. The molecular formula is C27H41N3O3. The molecule has 182 valence electrons. The van der Waals surface area contributed by atoms with Crippen LogP contribution in [0.25, 0.3) is 0 Å². The van der Waals surface area contributed by atoms with Crippen LogP contribution in [0.15, 0.2) is 35.5 Å². The highest BCUT2D eigenvalue weighted by molar-refractivity contribution is 5.96. The molecule has 0 radical (unpaired) electrons. The van der Waals surface area contributed by atoms with E-state index in [-0.39, 0.29) is 0 Å². The molecule has 1 aromatic heterocycles. The maximum Gasteiger partial charge on any atom is 0.212 e. The topological polar surface area (TPSA) is 57.9 Å². The number of unbranched alkanes of at least 4 members (excludes halogenated alkanes) is 5. The first kappa shape index (κ1) is 26.5. The minimum atomic E-state index is 0.631. The molecule has 33 heavy (non-hydrogen) atoms. The van der Waals surface area contributed by atoms with Crippen LogP contribution in [0.1, 0.15) is 74.8 Å². The van der Waals surface area contributed by atoms with Gasteiger partial charge in [-0.2, -0.15) is 5.10 Å². The van der Waals surface area contributed by atoms with E-state index in [1.54, 1.807) is 4.68 Å². The first-order valence-electron chi connectivity index (χ1n) is 12.0. The standard InChI is InChI=1S/C27H41N3O3/c1-7-8-16-32-24-18-21(2)25(22(3)19-24)15-13-11-9-10-12-14-17-33-27-20-26(28-30(27)5)23(4)29-31-6/h7-8,18-20H,9-17H2,1-6H3/b8-7+,29-23?. The SMILES string of the molecule is C/C=C/COc1cc(C)c(CCCCCCCCOc2cc(C(C)=NOC)nn2C)c(C)c1. The van der Waals surface area contributed by atoms with Crippen molar-refractivity contribution in [3.63, 3.8) is 0 Å². The molecule has 0 N–H and O–H groups in total. The smallest absolute Gasteiger partial charge is 0.212 e. The van der Waals surface area contributed by atoms with Gasteiger partial charge >= 0.3 is 0 Å². The van der Waals surface area contributed by atoms with Crippen molar-refractivity contribution in [1.82, 2.24) is 9.78 Å². The summed E-state index contributed by atoms with van der Waals surface area (Å²) in [6.45, 7) is 9.61. The minimum absolute atomic E-state index is 0.631. The van der Waals surface area contributed by atoms with Gasteiger partial charge in [0.05, 0.1) is 6.61 Å². The molecule has 0 bridgehead atoms. The Morgan fingerprint density at radius 1 is 1.00 bits per heavy atom. The number of nitrogens with zero attached hydrogens (tertiary/aromatic N) is 3. The average molecular weight is 456 g/mol. The van der Waals surface area contributed by atoms with Gasteiger partial charge in [-0.1, -0.05) is 43.0 Å². The van der Waals surface area contributed by atoms with Crippen molar-refractivity contribution in [3.05, 3.63) is 52.7 Å². The molecule has 2 aromatic rings. The second-order valence-electron chi connectivity index (χ2n) is 8.49. The summed E-state index contributed by atoms with van der Waals surface area (Å²) in [6.07, 6.45) is 12.4. The molecule has 0 aliphatic carbocycles. The predicted molar refractivity (Wildman–Crippen MR) is 136 cm³/mol. The highest BCUT2D eigenvalue weighted by Gasteiger charge is 2.09. The molecule has 0 aliphatic heterocycles. The van der Waals surface area contributed by atoms with Crippen molar-refractivity contribution in [2.45, 2.75) is 72.6 Å². The third kappa shape index (κ3) is 8.95. The van der Waals surface area contributed by atoms with Crippen LogP contribution in [0.4, 0.5) is 0 Å². The molecule has 6 heteroatoms. The van der Waals surface area contributed by atoms with Gasteiger partial charge in [0.15, 0.2) is 0 Å². The average Bonchev–Trinajstić information content (AvgIpc) is 3.15. The summed E-state index contributed by atoms with van der Waals surface area (Å²) in [6, 6.07) is 6.24. The highest BCUT2D eigenvalue weighted by atomic mass is 16.6. The van der Waals surface area contributed by atoms with Crippen molar-refractivity contribution in [3.8, 4) is 11.6 Å². The fraction of sp³-hybridized carbons (Fsp3) is 0.556. The van der Waals surface area contributed by atoms with Crippen molar-refractivity contribution in [2.75, 3.05) is 20.3 Å². The molecule has 0 atom stereocenters. The Bertz CT molecular complexity index is 892. The van der Waals surface area contributed by atoms with Gasteiger partial charge in [0.25, 0.3) is 0 Å². The Kier molecular flexibility index (Phi) is 11.6. The van der Waals surface area contributed by atoms with Gasteiger partial charge in [0, 0.05) is 13.1 Å². The third-order valence-electron chi connectivity index (χ3n) is 5.76. The first-order valence-corrected chi connectivity index (χ1v) is 12.0. The lowest BCUT2D eigenvalue weighted by atomic mass is 9.96. The number of hydrogen-bond donors (Lipinski definition) is 0. The van der Waals surface area contributed by atoms with Gasteiger partial charge < -0.3 is 14.3 Å². The van der Waals surface area contributed by atoms with Crippen LogP contribution in [0, 0.1) is 13.8 Å². The lowest BCUT2D eigenvalue weighted by Crippen LogP contribution is -2.02. The second-order valence-corrected chi connectivity index (χ2v) is 8.49. The summed E-state index contributed by atoms with van der Waals surface area (Å²) >= 11 is 0. The molecule has 0 saturated carbocycles. The van der Waals surface area contributed by atoms with Gasteiger partial charge in [-0.3, -0.25) is 0 Å². The molecule has 0 fully saturated rings. The number of hydrogen-bond acceptors (Lipinski definition) is 5. The van der Waals surface area contributed by atoms with Crippen LogP contribution in [-0.4, -0.2) is 35.8 Å². The maximum atomic E-state index is 5.89. The lowest BCUT2D eigenvalue weighted by molar-refractivity contribution is 0.213. The van der Waals surface area contributed by atoms with E-state index in [2.05, 4.69) is 36.2 Å². The Balaban J connectivity index is 1.61. The van der Waals surface area contributed by atoms with E-state index in [0.717, 1.165) is 35.9 Å². The zero-order chi connectivity index (χ0) is 24.1. The summed E-state index contributed by atoms with van der Waals surface area (Å²) in [4.78, 5) is 4.81. The number of aryl methyl sites for hydroxylation is 3. The van der Waals surface area contributed by atoms with E-state index in [9.17, 15) is 0 Å². The van der Waals surface area contributed by atoms with Crippen LogP contribution in [0.5, 0.6) is 11.6 Å². The zero-order valence-electron chi connectivity index (χ0n) is 21.3. The van der Waals surface area contributed by atoms with Gasteiger partial charge in [-0.05, 0) is 75.8 Å². The number of oxime groups is 1. The van der Waals surface area contributed by atoms with Crippen LogP contribution < -0.4 is 9.47 Å². The van der Waals surface area contributed by atoms with Gasteiger partial charge in [0.2, 0.25) is 5.88 Å². The Morgan fingerprint density at radius 2 is 1.67 bits per heavy atom. The predicted octanol–water partition coefficient (Wildman–Crippen LogP) is 6.32. The Morgan fingerprint density at radius 3 is 2.33 bits per heavy atom. The number of ether oxygens (including phenoxy) is 2. The van der Waals surface area contributed by atoms with Gasteiger partial charge in [0.1, 0.15) is 30.9 Å². The summed E-state index contributed by atoms with van der Waals surface area (Å²) in [5, 5.41) is 8.33. The number of rotatable bonds is 15.